The Hall–Kier alpha value is -1.65. The standard InChI is InChI=1S/C10H8F3NO/c11-10(12,13)9-6-14(7-15-9)8-4-2-1-3-5-8/h1-6H,7H2. The summed E-state index contributed by atoms with van der Waals surface area (Å²) < 4.78 is 41.2. The molecule has 2 rings (SSSR count). The third kappa shape index (κ3) is 2.06. The van der Waals surface area contributed by atoms with Gasteiger partial charge in [-0.25, -0.2) is 0 Å². The number of nitrogens with zero attached hydrogens (tertiary/aromatic N) is 1. The second-order valence-corrected chi connectivity index (χ2v) is 3.07. The number of hydrogen-bond acceptors (Lipinski definition) is 2. The fourth-order valence-electron chi connectivity index (χ4n) is 1.28. The number of alkyl halides is 3. The van der Waals surface area contributed by atoms with Crippen LogP contribution in [0.3, 0.4) is 0 Å². The van der Waals surface area contributed by atoms with E-state index in [4.69, 9.17) is 0 Å². The van der Waals surface area contributed by atoms with Gasteiger partial charge >= 0.3 is 6.18 Å². The first-order chi connectivity index (χ1) is 7.07. The van der Waals surface area contributed by atoms with Crippen molar-refractivity contribution < 1.29 is 17.9 Å². The number of anilines is 1. The van der Waals surface area contributed by atoms with Crippen molar-refractivity contribution in [3.05, 3.63) is 42.3 Å². The molecule has 2 nitrogen and oxygen atoms in total. The lowest BCUT2D eigenvalue weighted by Gasteiger charge is -2.12. The smallest absolute Gasteiger partial charge is 0.450 e. The molecular weight excluding hydrogens is 207 g/mol. The van der Waals surface area contributed by atoms with Gasteiger partial charge in [0.25, 0.3) is 0 Å². The van der Waals surface area contributed by atoms with Crippen molar-refractivity contribution in [2.45, 2.75) is 6.18 Å². The molecule has 0 fully saturated rings. The van der Waals surface area contributed by atoms with E-state index in [2.05, 4.69) is 4.74 Å². The fourth-order valence-corrected chi connectivity index (χ4v) is 1.28. The third-order valence-electron chi connectivity index (χ3n) is 2.00. The predicted molar refractivity (Wildman–Crippen MR) is 49.0 cm³/mol. The quantitative estimate of drug-likeness (QED) is 0.714. The van der Waals surface area contributed by atoms with E-state index in [9.17, 15) is 13.2 Å². The Morgan fingerprint density at radius 1 is 1.13 bits per heavy atom. The second kappa shape index (κ2) is 3.49. The topological polar surface area (TPSA) is 12.5 Å². The molecule has 1 aromatic rings. The summed E-state index contributed by atoms with van der Waals surface area (Å²) in [6, 6.07) is 8.76. The van der Waals surface area contributed by atoms with Gasteiger partial charge < -0.3 is 9.64 Å². The summed E-state index contributed by atoms with van der Waals surface area (Å²) in [6.45, 7) is -0.0984. The minimum Gasteiger partial charge on any atom is -0.466 e. The van der Waals surface area contributed by atoms with E-state index in [-0.39, 0.29) is 6.73 Å². The number of para-hydroxylation sites is 1. The van der Waals surface area contributed by atoms with E-state index >= 15 is 0 Å². The molecular formula is C10H8F3NO. The average molecular weight is 215 g/mol. The summed E-state index contributed by atoms with van der Waals surface area (Å²) in [5.41, 5.74) is 0.678. The molecule has 0 amide bonds. The Labute approximate surface area is 84.6 Å². The van der Waals surface area contributed by atoms with E-state index in [1.54, 1.807) is 30.3 Å². The highest BCUT2D eigenvalue weighted by molar-refractivity contribution is 5.50. The zero-order chi connectivity index (χ0) is 10.9. The highest BCUT2D eigenvalue weighted by Crippen LogP contribution is 2.31. The Bertz CT molecular complexity index is 372. The minimum atomic E-state index is -4.41. The van der Waals surface area contributed by atoms with Crippen molar-refractivity contribution in [3.63, 3.8) is 0 Å². The molecule has 15 heavy (non-hydrogen) atoms. The first-order valence-corrected chi connectivity index (χ1v) is 4.31. The lowest BCUT2D eigenvalue weighted by molar-refractivity contribution is -0.126. The number of benzene rings is 1. The van der Waals surface area contributed by atoms with Crippen LogP contribution in [0.4, 0.5) is 18.9 Å². The first kappa shape index (κ1) is 9.89. The van der Waals surface area contributed by atoms with Crippen molar-refractivity contribution in [2.24, 2.45) is 0 Å². The van der Waals surface area contributed by atoms with E-state index in [1.165, 1.54) is 4.90 Å². The van der Waals surface area contributed by atoms with E-state index in [1.807, 2.05) is 0 Å². The first-order valence-electron chi connectivity index (χ1n) is 4.31. The lowest BCUT2D eigenvalue weighted by atomic mass is 10.3. The van der Waals surface area contributed by atoms with Gasteiger partial charge in [0.2, 0.25) is 5.76 Å². The summed E-state index contributed by atoms with van der Waals surface area (Å²) in [7, 11) is 0. The normalized spacial score (nSPS) is 16.2. The SMILES string of the molecule is FC(F)(F)C1=CN(c2ccccc2)CO1. The molecule has 0 saturated carbocycles. The summed E-state index contributed by atoms with van der Waals surface area (Å²) >= 11 is 0. The van der Waals surface area contributed by atoms with Crippen molar-refractivity contribution in [2.75, 3.05) is 11.6 Å². The number of allylic oxidation sites excluding steroid dienone is 1. The van der Waals surface area contributed by atoms with Crippen molar-refractivity contribution in [3.8, 4) is 0 Å². The van der Waals surface area contributed by atoms with Crippen molar-refractivity contribution in [1.82, 2.24) is 0 Å². The van der Waals surface area contributed by atoms with Crippen LogP contribution in [0.1, 0.15) is 0 Å². The molecule has 0 saturated heterocycles. The van der Waals surface area contributed by atoms with Gasteiger partial charge in [-0.15, -0.1) is 0 Å². The zero-order valence-corrected chi connectivity index (χ0v) is 7.66. The molecule has 0 aliphatic carbocycles. The van der Waals surface area contributed by atoms with Crippen LogP contribution in [-0.4, -0.2) is 12.9 Å². The maximum atomic E-state index is 12.2. The van der Waals surface area contributed by atoms with Gasteiger partial charge in [0.05, 0.1) is 6.20 Å². The van der Waals surface area contributed by atoms with Gasteiger partial charge in [-0.1, -0.05) is 18.2 Å². The molecule has 5 heteroatoms. The third-order valence-corrected chi connectivity index (χ3v) is 2.00. The van der Waals surface area contributed by atoms with E-state index in [0.717, 1.165) is 6.20 Å². The molecule has 0 radical (unpaired) electrons. The summed E-state index contributed by atoms with van der Waals surface area (Å²) in [5, 5.41) is 0. The fraction of sp³-hybridized carbons (Fsp3) is 0.200. The van der Waals surface area contributed by atoms with Crippen LogP contribution < -0.4 is 4.90 Å². The van der Waals surface area contributed by atoms with Crippen LogP contribution in [0.5, 0.6) is 0 Å². The van der Waals surface area contributed by atoms with Crippen molar-refractivity contribution >= 4 is 5.69 Å². The van der Waals surface area contributed by atoms with Crippen LogP contribution in [0.25, 0.3) is 0 Å². The summed E-state index contributed by atoms with van der Waals surface area (Å²) in [4.78, 5) is 1.41. The number of halogens is 3. The molecule has 0 spiro atoms. The van der Waals surface area contributed by atoms with Gasteiger partial charge in [-0.2, -0.15) is 13.2 Å². The highest BCUT2D eigenvalue weighted by Gasteiger charge is 2.39. The number of ether oxygens (including phenoxy) is 1. The molecule has 0 bridgehead atoms. The molecule has 0 N–H and O–H groups in total. The lowest BCUT2D eigenvalue weighted by Crippen LogP contribution is -2.12. The molecule has 1 aliphatic heterocycles. The zero-order valence-electron chi connectivity index (χ0n) is 7.66. The van der Waals surface area contributed by atoms with E-state index in [0.29, 0.717) is 5.69 Å². The van der Waals surface area contributed by atoms with Gasteiger partial charge in [-0.3, -0.25) is 0 Å². The van der Waals surface area contributed by atoms with Crippen LogP contribution in [0.2, 0.25) is 0 Å². The number of rotatable bonds is 1. The van der Waals surface area contributed by atoms with E-state index < -0.39 is 11.9 Å². The molecule has 1 heterocycles. The average Bonchev–Trinajstić information content (AvgIpc) is 2.67. The maximum absolute atomic E-state index is 12.2. The Kier molecular flexibility index (Phi) is 2.30. The van der Waals surface area contributed by atoms with Gasteiger partial charge in [0.15, 0.2) is 6.73 Å². The maximum Gasteiger partial charge on any atom is 0.450 e. The molecule has 80 valence electrons. The summed E-state index contributed by atoms with van der Waals surface area (Å²) in [6.07, 6.45) is -3.45. The second-order valence-electron chi connectivity index (χ2n) is 3.07. The van der Waals surface area contributed by atoms with Gasteiger partial charge in [-0.05, 0) is 12.1 Å². The largest absolute Gasteiger partial charge is 0.466 e. The van der Waals surface area contributed by atoms with Crippen LogP contribution in [0, 0.1) is 0 Å². The monoisotopic (exact) mass is 215 g/mol. The van der Waals surface area contributed by atoms with Crippen LogP contribution in [-0.2, 0) is 4.74 Å². The minimum absolute atomic E-state index is 0.0984. The highest BCUT2D eigenvalue weighted by atomic mass is 19.4. The summed E-state index contributed by atoms with van der Waals surface area (Å²) in [5.74, 6) is -0.952. The van der Waals surface area contributed by atoms with Crippen LogP contribution >= 0.6 is 0 Å². The molecule has 0 unspecified atom stereocenters. The molecule has 1 aromatic carbocycles. The number of hydrogen-bond donors (Lipinski definition) is 0. The van der Waals surface area contributed by atoms with Crippen molar-refractivity contribution in [1.29, 1.82) is 0 Å². The Morgan fingerprint density at radius 3 is 2.33 bits per heavy atom. The molecule has 0 aromatic heterocycles. The Balaban J connectivity index is 2.20. The predicted octanol–water partition coefficient (Wildman–Crippen LogP) is 2.88. The van der Waals surface area contributed by atoms with Gasteiger partial charge in [0, 0.05) is 5.69 Å². The Morgan fingerprint density at radius 2 is 1.80 bits per heavy atom. The molecule has 1 aliphatic rings. The molecule has 0 atom stereocenters. The van der Waals surface area contributed by atoms with Gasteiger partial charge in [0.1, 0.15) is 0 Å². The van der Waals surface area contributed by atoms with Crippen LogP contribution in [0.15, 0.2) is 42.3 Å².